The molecule has 8 aromatic rings. The molecule has 20 nitrogen and oxygen atoms in total. The number of rotatable bonds is 14. The number of carbonyl (C=O) groups excluding carboxylic acids is 7. The summed E-state index contributed by atoms with van der Waals surface area (Å²) in [4.78, 5) is 89.2. The number of amides is 4. The number of aliphatic hydroxyl groups is 2. The second-order valence-corrected chi connectivity index (χ2v) is 22.9. The normalized spacial score (nSPS) is 13.4. The van der Waals surface area contributed by atoms with E-state index in [-0.39, 0.29) is 31.1 Å². The molecule has 0 saturated heterocycles. The third kappa shape index (κ3) is 21.3. The van der Waals surface area contributed by atoms with Crippen molar-refractivity contribution in [1.29, 1.82) is 0 Å². The molecule has 23 heteroatoms. The quantitative estimate of drug-likeness (QED) is 0.0448. The summed E-state index contributed by atoms with van der Waals surface area (Å²) in [5.74, 6) is -1.06. The highest BCUT2D eigenvalue weighted by Crippen LogP contribution is 2.40. The molecule has 8 aromatic carbocycles. The lowest BCUT2D eigenvalue weighted by atomic mass is 10.0. The summed E-state index contributed by atoms with van der Waals surface area (Å²) in [5.41, 5.74) is 9.07. The van der Waals surface area contributed by atoms with Crippen LogP contribution in [0, 0.1) is 27.7 Å². The van der Waals surface area contributed by atoms with Crippen molar-refractivity contribution in [2.45, 2.75) is 73.0 Å². The number of methoxy groups -OCH3 is 2. The fraction of sp³-hybridized carbons (Fsp3) is 0.236. The van der Waals surface area contributed by atoms with E-state index in [1.54, 1.807) is 150 Å². The summed E-state index contributed by atoms with van der Waals surface area (Å²) in [6.45, 7) is 7.20. The van der Waals surface area contributed by atoms with Crippen LogP contribution >= 0.6 is 31.5 Å². The summed E-state index contributed by atoms with van der Waals surface area (Å²) >= 11 is 12.4. The predicted molar refractivity (Wildman–Crippen MR) is 365 cm³/mol. The molecule has 0 saturated carbocycles. The van der Waals surface area contributed by atoms with Crippen LogP contribution in [0.2, 0.25) is 10.0 Å². The molecule has 2 unspecified atom stereocenters. The third-order valence-electron chi connectivity index (χ3n) is 14.7. The van der Waals surface area contributed by atoms with Crippen molar-refractivity contribution in [3.63, 3.8) is 0 Å². The van der Waals surface area contributed by atoms with E-state index in [9.17, 15) is 43.2 Å². The lowest BCUT2D eigenvalue weighted by Gasteiger charge is -2.25. The van der Waals surface area contributed by atoms with Gasteiger partial charge in [-0.2, -0.15) is 0 Å². The predicted octanol–water partition coefficient (Wildman–Crippen LogP) is 15.3. The Kier molecular flexibility index (Phi) is 28.5. The first-order valence-corrected chi connectivity index (χ1v) is 31.4. The maximum absolute atomic E-state index is 13.8. The number of fused-ring (bicyclic) bond motifs is 2. The SMILES string of the molecule is C.COC(=O)CO.COC(=O)COC(=O)OC1CCCN(C(=O)c2ccc(NC(=O)c3ccccc3C)cc2C)c2ccc(Cl)cc21.Cc1ccccc1C(=O)Nc1ccc(C(=O)N2CCCC(O)c3cc(Cl)ccc32)c(C)c1.O=[P+](Oc1ccccc1)Oc1ccccc1. The van der Waals surface area contributed by atoms with Crippen molar-refractivity contribution in [3.05, 3.63) is 248 Å². The number of hydrogen-bond donors (Lipinski definition) is 4. The zero-order valence-corrected chi connectivity index (χ0v) is 54.7. The second kappa shape index (κ2) is 36.5. The molecule has 0 fully saturated rings. The highest BCUT2D eigenvalue weighted by Gasteiger charge is 2.32. The highest BCUT2D eigenvalue weighted by molar-refractivity contribution is 7.34. The number of nitrogens with one attached hydrogen (secondary N) is 2. The zero-order chi connectivity index (χ0) is 67.8. The first-order valence-electron chi connectivity index (χ1n) is 29.6. The number of aryl methyl sites for hydroxylation is 4. The van der Waals surface area contributed by atoms with Crippen LogP contribution in [-0.2, 0) is 33.1 Å². The molecule has 0 bridgehead atoms. The highest BCUT2D eigenvalue weighted by atomic mass is 35.5. The topological polar surface area (TPSA) is 263 Å². The first-order chi connectivity index (χ1) is 45.2. The van der Waals surface area contributed by atoms with Gasteiger partial charge >= 0.3 is 26.3 Å². The Morgan fingerprint density at radius 3 is 1.39 bits per heavy atom. The molecule has 10 rings (SSSR count). The van der Waals surface area contributed by atoms with E-state index in [0.29, 0.717) is 122 Å². The first kappa shape index (κ1) is 74.1. The minimum Gasteiger partial charge on any atom is -0.467 e. The Bertz CT molecular complexity index is 3960. The molecule has 2 aliphatic rings. The number of anilines is 4. The zero-order valence-electron chi connectivity index (χ0n) is 52.3. The van der Waals surface area contributed by atoms with Crippen molar-refractivity contribution < 1.29 is 76.3 Å². The smallest absolute Gasteiger partial charge is 0.467 e. The van der Waals surface area contributed by atoms with Gasteiger partial charge in [0.15, 0.2) is 18.1 Å². The van der Waals surface area contributed by atoms with Crippen molar-refractivity contribution in [1.82, 2.24) is 0 Å². The number of aliphatic hydroxyl groups excluding tert-OH is 2. The minimum absolute atomic E-state index is 0. The van der Waals surface area contributed by atoms with Crippen LogP contribution in [0.4, 0.5) is 27.5 Å². The maximum atomic E-state index is 13.8. The van der Waals surface area contributed by atoms with E-state index in [1.807, 2.05) is 69.3 Å². The average Bonchev–Trinajstić information content (AvgIpc) is 1.78. The van der Waals surface area contributed by atoms with E-state index in [0.717, 1.165) is 16.7 Å². The largest absolute Gasteiger partial charge is 0.805 e. The third-order valence-corrected chi connectivity index (χ3v) is 15.8. The Balaban J connectivity index is 0.000000230. The fourth-order valence-electron chi connectivity index (χ4n) is 9.89. The summed E-state index contributed by atoms with van der Waals surface area (Å²) in [6.07, 6.45) is -0.231. The summed E-state index contributed by atoms with van der Waals surface area (Å²) in [5, 5.41) is 25.1. The summed E-state index contributed by atoms with van der Waals surface area (Å²) in [6, 6.07) is 53.2. The molecule has 95 heavy (non-hydrogen) atoms. The lowest BCUT2D eigenvalue weighted by molar-refractivity contribution is -0.145. The number of halogens is 2. The Labute approximate surface area is 562 Å². The maximum Gasteiger partial charge on any atom is 0.805 e. The number of esters is 2. The van der Waals surface area contributed by atoms with Gasteiger partial charge in [0.05, 0.1) is 26.0 Å². The van der Waals surface area contributed by atoms with Gasteiger partial charge in [-0.25, -0.2) is 23.4 Å². The van der Waals surface area contributed by atoms with E-state index in [4.69, 9.17) is 46.8 Å². The van der Waals surface area contributed by atoms with Crippen LogP contribution in [0.15, 0.2) is 182 Å². The van der Waals surface area contributed by atoms with Crippen LogP contribution in [0.3, 0.4) is 0 Å². The van der Waals surface area contributed by atoms with Crippen LogP contribution in [0.1, 0.15) is 120 Å². The van der Waals surface area contributed by atoms with Gasteiger partial charge in [0.2, 0.25) is 0 Å². The van der Waals surface area contributed by atoms with Crippen LogP contribution in [0.5, 0.6) is 11.5 Å². The lowest BCUT2D eigenvalue weighted by Crippen LogP contribution is -2.32. The van der Waals surface area contributed by atoms with Gasteiger partial charge in [0.1, 0.15) is 12.7 Å². The molecule has 0 aliphatic carbocycles. The van der Waals surface area contributed by atoms with Crippen molar-refractivity contribution in [2.75, 3.05) is 61.0 Å². The molecular weight excluding hydrogens is 1280 g/mol. The number of nitrogens with zero attached hydrogens (tertiary/aromatic N) is 2. The molecule has 4 N–H and O–H groups in total. The summed E-state index contributed by atoms with van der Waals surface area (Å²) < 4.78 is 40.5. The number of benzene rings is 8. The van der Waals surface area contributed by atoms with Gasteiger partial charge in [0, 0.05) is 78.1 Å². The molecule has 0 aromatic heterocycles. The van der Waals surface area contributed by atoms with Crippen LogP contribution in [-0.4, -0.2) is 92.5 Å². The average molecular weight is 1350 g/mol. The molecule has 496 valence electrons. The van der Waals surface area contributed by atoms with Gasteiger partial charge in [-0.1, -0.05) is 103 Å². The van der Waals surface area contributed by atoms with Crippen molar-refractivity contribution >= 4 is 95.9 Å². The van der Waals surface area contributed by atoms with E-state index in [1.165, 1.54) is 14.2 Å². The van der Waals surface area contributed by atoms with Gasteiger partial charge < -0.3 is 49.6 Å². The monoisotopic (exact) mass is 1350 g/mol. The Morgan fingerprint density at radius 2 is 0.958 bits per heavy atom. The minimum atomic E-state index is -2.18. The molecule has 0 spiro atoms. The van der Waals surface area contributed by atoms with Crippen LogP contribution < -0.4 is 29.5 Å². The number of hydrogen-bond acceptors (Lipinski definition) is 16. The van der Waals surface area contributed by atoms with Gasteiger partial charge in [0.25, 0.3) is 23.6 Å². The van der Waals surface area contributed by atoms with E-state index >= 15 is 0 Å². The van der Waals surface area contributed by atoms with E-state index in [2.05, 4.69) is 20.1 Å². The molecule has 4 amide bonds. The molecule has 2 heterocycles. The van der Waals surface area contributed by atoms with Crippen LogP contribution in [0.25, 0.3) is 0 Å². The number of carbonyl (C=O) groups is 7. The summed E-state index contributed by atoms with van der Waals surface area (Å²) in [7, 11) is 0.221. The number of ether oxygens (including phenoxy) is 4. The van der Waals surface area contributed by atoms with Gasteiger partial charge in [-0.15, -0.1) is 0 Å². The van der Waals surface area contributed by atoms with Crippen molar-refractivity contribution in [3.8, 4) is 11.5 Å². The Morgan fingerprint density at radius 1 is 0.526 bits per heavy atom. The second-order valence-electron chi connectivity index (χ2n) is 21.2. The molecule has 2 atom stereocenters. The van der Waals surface area contributed by atoms with Crippen molar-refractivity contribution in [2.24, 2.45) is 0 Å². The Hall–Kier alpha value is -9.95. The standard InChI is InChI=1S/C30H29ClN2O7.C26H25ClN2O3.C12H10O3P.C3H6O3.CH4/c1-18-7-4-5-8-22(18)28(35)32-21-11-12-23(19(2)15-21)29(36)33-14-6-9-26(24-16-20(31)10-13-25(24)33)40-30(37)39-17-27(34)38-3;1-16-6-3-4-7-20(16)25(31)28-19-10-11-21(17(2)14-19)26(32)29-13-5-8-24(30)22-15-18(27)9-12-23(22)29;13-16(14-11-7-3-1-4-8-11)15-12-9-5-2-6-10-12;1-6-3(5)2-4;/h4-5,7-8,10-13,15-16,26H,6,9,14,17H2,1-3H3,(H,32,35);3-4,6-7,9-12,14-15,24,30H,5,8,13H2,1-2H3,(H,28,31);1-10H;4H,2H2,1H3;1H4/q;;+1;;. The molecular formula is C72H74Cl2N4O16P+. The molecule has 0 radical (unpaired) electrons. The molecule has 2 aliphatic heterocycles. The van der Waals surface area contributed by atoms with Gasteiger partial charge in [-0.05, 0) is 185 Å². The van der Waals surface area contributed by atoms with E-state index < -0.39 is 51.8 Å². The number of para-hydroxylation sites is 2. The van der Waals surface area contributed by atoms with Gasteiger partial charge in [-0.3, -0.25) is 19.2 Å². The fourth-order valence-corrected chi connectivity index (χ4v) is 10.9.